The number of aromatic amines is 1. The van der Waals surface area contributed by atoms with Crippen molar-refractivity contribution in [3.8, 4) is 11.1 Å². The van der Waals surface area contributed by atoms with Crippen molar-refractivity contribution in [1.82, 2.24) is 25.1 Å². The fraction of sp³-hybridized carbons (Fsp3) is 0.372. The first kappa shape index (κ1) is 38.0. The van der Waals surface area contributed by atoms with Gasteiger partial charge in [0.25, 0.3) is 0 Å². The molecule has 2 aliphatic rings. The second-order valence-corrected chi connectivity index (χ2v) is 14.3. The second-order valence-electron chi connectivity index (χ2n) is 14.3. The number of piperidine rings is 1. The molecule has 12 nitrogen and oxygen atoms in total. The Hall–Kier alpha value is -5.27. The zero-order chi connectivity index (χ0) is 38.3. The van der Waals surface area contributed by atoms with Gasteiger partial charge in [0.1, 0.15) is 6.54 Å². The molecule has 5 aromatic rings. The number of benzene rings is 4. The Morgan fingerprint density at radius 3 is 2.38 bits per heavy atom. The Morgan fingerprint density at radius 2 is 1.62 bits per heavy atom. The Bertz CT molecular complexity index is 2140. The minimum absolute atomic E-state index is 0.0247. The molecule has 0 saturated carbocycles. The number of hydrogen-bond donors (Lipinski definition) is 4. The normalized spacial score (nSPS) is 20.6. The van der Waals surface area contributed by atoms with E-state index in [0.717, 1.165) is 76.9 Å². The van der Waals surface area contributed by atoms with Crippen molar-refractivity contribution in [2.75, 3.05) is 32.8 Å². The number of ether oxygens (including phenoxy) is 3. The quantitative estimate of drug-likeness (QED) is 0.114. The highest BCUT2D eigenvalue weighted by atomic mass is 16.7. The Labute approximate surface area is 320 Å². The summed E-state index contributed by atoms with van der Waals surface area (Å²) in [6.45, 7) is 6.63. The van der Waals surface area contributed by atoms with Crippen LogP contribution in [0.15, 0.2) is 102 Å². The number of hydrogen-bond acceptors (Lipinski definition) is 8. The van der Waals surface area contributed by atoms with E-state index >= 15 is 0 Å². The maximum absolute atomic E-state index is 12.9. The third-order valence-corrected chi connectivity index (χ3v) is 10.7. The largest absolute Gasteiger partial charge is 0.465 e. The standard InChI is InChI=1S/C43H49N5O7/c1-3-53-39(50)25-45-42(51)44-24-30-8-6-9-32(22-30)33-10-7-11-34(23-33)41-54-38(28(2)40(55-41)31-16-14-29(27-49)15-17-31)26-47-20-18-35(19-21-47)48-37-13-5-4-12-36(37)46-43(48)52/h4-17,22-23,28,35,38,40-41,49H,3,18-21,24-27H2,1-2H3,(H,46,52)(H2,44,45,51). The van der Waals surface area contributed by atoms with Gasteiger partial charge in [-0.15, -0.1) is 0 Å². The number of likely N-dealkylation sites (tertiary alicyclic amines) is 1. The van der Waals surface area contributed by atoms with Crippen molar-refractivity contribution in [3.63, 3.8) is 0 Å². The van der Waals surface area contributed by atoms with Crippen LogP contribution in [0.2, 0.25) is 0 Å². The number of nitrogens with one attached hydrogen (secondary N) is 3. The molecule has 4 atom stereocenters. The molecule has 4 aromatic carbocycles. The lowest BCUT2D eigenvalue weighted by atomic mass is 9.89. The number of carbonyl (C=O) groups is 2. The van der Waals surface area contributed by atoms with E-state index in [2.05, 4.69) is 33.5 Å². The first-order valence-electron chi connectivity index (χ1n) is 19.1. The zero-order valence-electron chi connectivity index (χ0n) is 31.3. The van der Waals surface area contributed by atoms with E-state index in [-0.39, 0.29) is 56.2 Å². The van der Waals surface area contributed by atoms with Crippen molar-refractivity contribution in [1.29, 1.82) is 0 Å². The number of rotatable bonds is 12. The smallest absolute Gasteiger partial charge is 0.326 e. The summed E-state index contributed by atoms with van der Waals surface area (Å²) in [5.74, 6) is -0.453. The summed E-state index contributed by atoms with van der Waals surface area (Å²) in [5.41, 5.74) is 7.38. The average molecular weight is 748 g/mol. The van der Waals surface area contributed by atoms with Crippen LogP contribution in [0.3, 0.4) is 0 Å². The molecule has 55 heavy (non-hydrogen) atoms. The van der Waals surface area contributed by atoms with Crippen LogP contribution in [0.4, 0.5) is 4.79 Å². The summed E-state index contributed by atoms with van der Waals surface area (Å²) in [4.78, 5) is 42.2. The molecule has 3 heterocycles. The number of para-hydroxylation sites is 2. The fourth-order valence-corrected chi connectivity index (χ4v) is 7.71. The van der Waals surface area contributed by atoms with Crippen LogP contribution >= 0.6 is 0 Å². The fourth-order valence-electron chi connectivity index (χ4n) is 7.71. The zero-order valence-corrected chi connectivity index (χ0v) is 31.3. The summed E-state index contributed by atoms with van der Waals surface area (Å²) in [5, 5.41) is 15.0. The lowest BCUT2D eigenvalue weighted by molar-refractivity contribution is -0.276. The van der Waals surface area contributed by atoms with Gasteiger partial charge in [-0.05, 0) is 71.8 Å². The van der Waals surface area contributed by atoms with Gasteiger partial charge >= 0.3 is 17.7 Å². The van der Waals surface area contributed by atoms with Crippen molar-refractivity contribution in [2.24, 2.45) is 5.92 Å². The van der Waals surface area contributed by atoms with E-state index < -0.39 is 18.3 Å². The number of aliphatic hydroxyl groups excluding tert-OH is 1. The third kappa shape index (κ3) is 9.00. The molecule has 288 valence electrons. The second kappa shape index (κ2) is 17.5. The van der Waals surface area contributed by atoms with Gasteiger partial charge < -0.3 is 39.8 Å². The highest BCUT2D eigenvalue weighted by Gasteiger charge is 2.40. The molecule has 0 aliphatic carbocycles. The molecular formula is C43H49N5O7. The van der Waals surface area contributed by atoms with Crippen molar-refractivity contribution in [3.05, 3.63) is 130 Å². The molecule has 2 saturated heterocycles. The Morgan fingerprint density at radius 1 is 0.873 bits per heavy atom. The van der Waals surface area contributed by atoms with Gasteiger partial charge in [0.15, 0.2) is 6.29 Å². The van der Waals surface area contributed by atoms with Crippen LogP contribution < -0.4 is 16.3 Å². The molecule has 1 aromatic heterocycles. The number of imidazole rings is 1. The molecule has 4 N–H and O–H groups in total. The molecular weight excluding hydrogens is 699 g/mol. The number of urea groups is 1. The van der Waals surface area contributed by atoms with Crippen LogP contribution in [-0.2, 0) is 32.2 Å². The molecule has 12 heteroatoms. The van der Waals surface area contributed by atoms with Crippen molar-refractivity contribution >= 4 is 23.0 Å². The third-order valence-electron chi connectivity index (χ3n) is 10.7. The lowest BCUT2D eigenvalue weighted by Gasteiger charge is -2.44. The molecule has 0 spiro atoms. The maximum atomic E-state index is 12.9. The van der Waals surface area contributed by atoms with Gasteiger partial charge in [-0.2, -0.15) is 0 Å². The first-order valence-corrected chi connectivity index (χ1v) is 19.1. The number of aromatic nitrogens is 2. The maximum Gasteiger partial charge on any atom is 0.326 e. The van der Waals surface area contributed by atoms with E-state index in [9.17, 15) is 19.5 Å². The van der Waals surface area contributed by atoms with Crippen LogP contribution in [0.1, 0.15) is 67.4 Å². The van der Waals surface area contributed by atoms with Crippen LogP contribution in [0.25, 0.3) is 22.2 Å². The minimum Gasteiger partial charge on any atom is -0.465 e. The highest BCUT2D eigenvalue weighted by molar-refractivity contribution is 5.80. The number of H-pyrrole nitrogens is 1. The molecule has 0 bridgehead atoms. The van der Waals surface area contributed by atoms with Crippen molar-refractivity contribution in [2.45, 2.75) is 64.4 Å². The topological polar surface area (TPSA) is 147 Å². The van der Waals surface area contributed by atoms with Crippen molar-refractivity contribution < 1.29 is 28.9 Å². The number of carbonyl (C=O) groups excluding carboxylic acids is 2. The molecule has 7 rings (SSSR count). The van der Waals surface area contributed by atoms with E-state index in [4.69, 9.17) is 14.2 Å². The van der Waals surface area contributed by atoms with Gasteiger partial charge in [-0.3, -0.25) is 9.36 Å². The molecule has 2 fully saturated rings. The van der Waals surface area contributed by atoms with Gasteiger partial charge in [-0.25, -0.2) is 9.59 Å². The van der Waals surface area contributed by atoms with Gasteiger partial charge in [0.2, 0.25) is 0 Å². The average Bonchev–Trinajstić information content (AvgIpc) is 3.56. The van der Waals surface area contributed by atoms with E-state index in [1.807, 2.05) is 95.6 Å². The van der Waals surface area contributed by atoms with E-state index in [1.165, 1.54) is 0 Å². The number of esters is 1. The SMILES string of the molecule is CCOC(=O)CNC(=O)NCc1cccc(-c2cccc(C3OC(CN4CCC(n5c(=O)[nH]c6ccccc65)CC4)C(C)C(c4ccc(CO)cc4)O3)c2)c1. The summed E-state index contributed by atoms with van der Waals surface area (Å²) < 4.78 is 20.4. The van der Waals surface area contributed by atoms with Gasteiger partial charge in [-0.1, -0.05) is 79.7 Å². The number of amides is 2. The van der Waals surface area contributed by atoms with Crippen LogP contribution in [0, 0.1) is 5.92 Å². The predicted molar refractivity (Wildman–Crippen MR) is 209 cm³/mol. The minimum atomic E-state index is -0.626. The van der Waals surface area contributed by atoms with E-state index in [0.29, 0.717) is 0 Å². The number of aliphatic hydroxyl groups is 1. The number of nitrogens with zero attached hydrogens (tertiary/aromatic N) is 2. The summed E-state index contributed by atoms with van der Waals surface area (Å²) >= 11 is 0. The Kier molecular flexibility index (Phi) is 12.1. The van der Waals surface area contributed by atoms with E-state index in [1.54, 1.807) is 6.92 Å². The predicted octanol–water partition coefficient (Wildman–Crippen LogP) is 5.98. The monoisotopic (exact) mass is 747 g/mol. The first-order chi connectivity index (χ1) is 26.8. The Balaban J connectivity index is 1.06. The summed E-state index contributed by atoms with van der Waals surface area (Å²) in [6.07, 6.45) is 0.723. The molecule has 2 amide bonds. The number of fused-ring (bicyclic) bond motifs is 1. The lowest BCUT2D eigenvalue weighted by Crippen LogP contribution is -2.47. The summed E-state index contributed by atoms with van der Waals surface area (Å²) in [7, 11) is 0. The highest BCUT2D eigenvalue weighted by Crippen LogP contribution is 2.43. The van der Waals surface area contributed by atoms with Crippen LogP contribution in [0.5, 0.6) is 0 Å². The molecule has 2 aliphatic heterocycles. The van der Waals surface area contributed by atoms with Crippen LogP contribution in [-0.4, -0.2) is 70.4 Å². The molecule has 4 unspecified atom stereocenters. The van der Waals surface area contributed by atoms with Gasteiger partial charge in [0.05, 0.1) is 36.5 Å². The summed E-state index contributed by atoms with van der Waals surface area (Å²) in [6, 6.07) is 31.6. The van der Waals surface area contributed by atoms with Gasteiger partial charge in [0, 0.05) is 43.7 Å². The molecule has 0 radical (unpaired) electrons.